The van der Waals surface area contributed by atoms with Gasteiger partial charge in [-0.3, -0.25) is 20.0 Å². The summed E-state index contributed by atoms with van der Waals surface area (Å²) in [6.45, 7) is 17.2. The number of benzene rings is 12. The highest BCUT2D eigenvalue weighted by Crippen LogP contribution is 2.41. The summed E-state index contributed by atoms with van der Waals surface area (Å²) in [5.74, 6) is 4.54. The zero-order valence-corrected chi connectivity index (χ0v) is 86.9. The van der Waals surface area contributed by atoms with Gasteiger partial charge in [-0.05, 0) is 296 Å². The van der Waals surface area contributed by atoms with Crippen molar-refractivity contribution in [1.82, 2.24) is 30.8 Å². The van der Waals surface area contributed by atoms with E-state index in [9.17, 15) is 22.0 Å². The van der Waals surface area contributed by atoms with Crippen molar-refractivity contribution in [3.05, 3.63) is 389 Å². The average molecular weight is 2200 g/mol. The van der Waals surface area contributed by atoms with Crippen LogP contribution >= 0.6 is 91.0 Å². The van der Waals surface area contributed by atoms with Crippen LogP contribution in [0.1, 0.15) is 160 Å². The lowest BCUT2D eigenvalue weighted by Gasteiger charge is -2.23. The van der Waals surface area contributed by atoms with Crippen molar-refractivity contribution in [2.75, 3.05) is 39.3 Å². The predicted molar refractivity (Wildman–Crippen MR) is 576 cm³/mol. The Hall–Kier alpha value is -11.4. The highest BCUT2D eigenvalue weighted by molar-refractivity contribution is 9.11. The molecule has 24 heteroatoms. The molecular formula is C115H106Br5F5N10O3S. The first-order chi connectivity index (χ1) is 67.5. The van der Waals surface area contributed by atoms with Crippen molar-refractivity contribution in [3.63, 3.8) is 0 Å². The number of aliphatic imine (C=N–C) groups is 4. The predicted octanol–water partition coefficient (Wildman–Crippen LogP) is 30.0. The summed E-state index contributed by atoms with van der Waals surface area (Å²) in [4.78, 5) is 22.8. The highest BCUT2D eigenvalue weighted by atomic mass is 79.9. The molecule has 2 atom stereocenters. The molecule has 1 fully saturated rings. The van der Waals surface area contributed by atoms with Crippen molar-refractivity contribution in [2.24, 2.45) is 20.0 Å². The smallest absolute Gasteiger partial charge is 0.140 e. The molecular weight excluding hydrogens is 2100 g/mol. The number of aromatic nitrogens is 2. The number of imidazole rings is 1. The van der Waals surface area contributed by atoms with E-state index < -0.39 is 0 Å². The van der Waals surface area contributed by atoms with Gasteiger partial charge in [-0.1, -0.05) is 222 Å². The Morgan fingerprint density at radius 3 is 1.40 bits per heavy atom. The Morgan fingerprint density at radius 2 is 0.863 bits per heavy atom. The molecule has 4 N–H and O–H groups in total. The van der Waals surface area contributed by atoms with Gasteiger partial charge in [0.15, 0.2) is 0 Å². The van der Waals surface area contributed by atoms with E-state index in [0.717, 1.165) is 227 Å². The van der Waals surface area contributed by atoms with Gasteiger partial charge in [0.1, 0.15) is 80.8 Å². The molecule has 13 nitrogen and oxygen atoms in total. The molecule has 5 aromatic heterocycles. The number of aryl methyl sites for hydroxylation is 7. The van der Waals surface area contributed by atoms with Gasteiger partial charge in [0.2, 0.25) is 0 Å². The van der Waals surface area contributed by atoms with Gasteiger partial charge in [0, 0.05) is 126 Å². The quantitative estimate of drug-likeness (QED) is 0.0462. The maximum atomic E-state index is 14.8. The van der Waals surface area contributed by atoms with Crippen LogP contribution in [-0.4, -0.2) is 84.2 Å². The lowest BCUT2D eigenvalue weighted by atomic mass is 9.92. The number of nitrogens with one attached hydrogen (secondary N) is 4. The van der Waals surface area contributed by atoms with Gasteiger partial charge in [-0.15, -0.1) is 11.3 Å². The van der Waals surface area contributed by atoms with Gasteiger partial charge in [0.05, 0.1) is 38.2 Å². The largest absolute Gasteiger partial charge is 0.464 e. The van der Waals surface area contributed by atoms with E-state index in [1.54, 1.807) is 60.0 Å². The molecule has 1 saturated carbocycles. The zero-order valence-electron chi connectivity index (χ0n) is 78.1. The average Bonchev–Trinajstić information content (AvgIpc) is 1.67. The molecule has 5 aliphatic rings. The maximum Gasteiger partial charge on any atom is 0.140 e. The maximum absolute atomic E-state index is 14.8. The van der Waals surface area contributed by atoms with Crippen LogP contribution in [-0.2, 0) is 64.2 Å². The topological polar surface area (TPSA) is 155 Å². The van der Waals surface area contributed by atoms with Crippen LogP contribution in [0.3, 0.4) is 0 Å². The summed E-state index contributed by atoms with van der Waals surface area (Å²) in [6.07, 6.45) is 18.9. The van der Waals surface area contributed by atoms with Crippen molar-refractivity contribution in [3.8, 4) is 22.5 Å². The molecule has 9 heterocycles. The van der Waals surface area contributed by atoms with E-state index in [0.29, 0.717) is 86.1 Å². The lowest BCUT2D eigenvalue weighted by Crippen LogP contribution is -2.37. The fourth-order valence-electron chi connectivity index (χ4n) is 19.6. The van der Waals surface area contributed by atoms with Gasteiger partial charge in [-0.25, -0.2) is 26.9 Å². The van der Waals surface area contributed by atoms with E-state index in [4.69, 9.17) is 18.2 Å². The summed E-state index contributed by atoms with van der Waals surface area (Å²) in [5.41, 5.74) is 20.9. The van der Waals surface area contributed by atoms with Crippen LogP contribution in [0.2, 0.25) is 0 Å². The van der Waals surface area contributed by atoms with Gasteiger partial charge in [0.25, 0.3) is 0 Å². The first kappa shape index (κ1) is 97.8. The molecule has 0 amide bonds. The second kappa shape index (κ2) is 44.6. The van der Waals surface area contributed by atoms with Crippen LogP contribution in [0.4, 0.5) is 22.0 Å². The summed E-state index contributed by atoms with van der Waals surface area (Å²) >= 11 is 19.8. The van der Waals surface area contributed by atoms with Gasteiger partial charge >= 0.3 is 0 Å². The van der Waals surface area contributed by atoms with Crippen molar-refractivity contribution in [1.29, 1.82) is 0 Å². The molecule has 710 valence electrons. The molecule has 0 bridgehead atoms. The number of thiophene rings is 1. The monoisotopic (exact) mass is 2200 g/mol. The SMILES string of the molecule is CC(C)c1coc2c(CCc3c(F)cccc3C3=NCCN3)cc(Br)cc12.CC(C)n1ccnc1-c1cccc(F)c1CCc1cc(Br)cc2ccccc12.Cc1oc2c(CCc3c(F)cccc3C3=NCCN3)cc(Br)cc2c1C.Fc1cccc(C2=NCCN2)c1CCc1cc(Br)cc2c(-c3ccccc3)coc12.Fc1cccc(C2=N[C@H]3CCCC[C@@H]3N2)c1CCc1cc(Br)cc2ccsc12. The number of halogens is 10. The molecule has 22 rings (SSSR count). The number of nitrogens with zero attached hydrogens (tertiary/aromatic N) is 6. The van der Waals surface area contributed by atoms with E-state index >= 15 is 0 Å². The third kappa shape index (κ3) is 22.3. The number of furan rings is 3. The number of amidine groups is 4. The Morgan fingerprint density at radius 1 is 0.417 bits per heavy atom. The molecule has 0 spiro atoms. The Kier molecular flexibility index (Phi) is 31.4. The van der Waals surface area contributed by atoms with Crippen molar-refractivity contribution >= 4 is 168 Å². The van der Waals surface area contributed by atoms with Crippen LogP contribution in [0.5, 0.6) is 0 Å². The van der Waals surface area contributed by atoms with Crippen LogP contribution in [0.15, 0.2) is 298 Å². The summed E-state index contributed by atoms with van der Waals surface area (Å²) in [6, 6.07) is 69.0. The number of fused-ring (bicyclic) bond motifs is 6. The molecule has 139 heavy (non-hydrogen) atoms. The highest BCUT2D eigenvalue weighted by Gasteiger charge is 2.33. The molecule has 17 aromatic rings. The van der Waals surface area contributed by atoms with E-state index in [1.165, 1.54) is 68.6 Å². The minimum atomic E-state index is -0.195. The normalized spacial score (nSPS) is 14.9. The summed E-state index contributed by atoms with van der Waals surface area (Å²) in [5, 5.41) is 22.4. The van der Waals surface area contributed by atoms with Crippen molar-refractivity contribution in [2.45, 2.75) is 155 Å². The molecule has 0 radical (unpaired) electrons. The van der Waals surface area contributed by atoms with Crippen molar-refractivity contribution < 1.29 is 35.2 Å². The minimum absolute atomic E-state index is 0.130. The Balaban J connectivity index is 0.000000115. The molecule has 0 unspecified atom stereocenters. The minimum Gasteiger partial charge on any atom is -0.464 e. The fraction of sp³-hybridized carbons (Fsp3) is 0.261. The number of hydrogen-bond donors (Lipinski definition) is 4. The summed E-state index contributed by atoms with van der Waals surface area (Å²) < 4.78 is 99.9. The second-order valence-corrected chi connectivity index (χ2v) is 41.8. The van der Waals surface area contributed by atoms with Crippen LogP contribution in [0, 0.1) is 42.9 Å². The van der Waals surface area contributed by atoms with Crippen LogP contribution < -0.4 is 21.3 Å². The van der Waals surface area contributed by atoms with E-state index in [2.05, 4.69) is 256 Å². The standard InChI is InChI=1S/C25H20BrFN2O.C24H22BrFN2.C23H22BrFN2S.C22H22BrFN2O.C21H20BrFN2O/c26-18-13-17(24-21(14-18)22(15-30-24)16-5-2-1-3-6-16)9-10-19-20(7-4-8-23(19)27)25-28-11-12-29-25;1-16(2)28-13-12-27-24(28)22-8-5-9-23(26)21(22)11-10-18-15-19(25)14-17-6-3-4-7-20(17)18;24-16-12-14(22-15(13-16)10-11-28-22)8-9-17-18(4-3-5-19(17)25)23-26-20-6-1-2-7-21(20)27-23;1-13(2)19-12-27-21-14(10-15(23)11-18(19)21)6-7-16-17(4-3-5-20(16)24)22-25-8-9-26-22;1-12-13(2)26-20-14(10-15(22)11-18(12)20)6-7-16-17(4-3-5-19(16)23)21-24-8-9-25-21/h1-8,13-15H,9-12H2,(H,28,29);3-9,12-16H,10-11H2,1-2H3;3-5,10-13,20-21H,1-2,6-9H2,(H,26,27);3-5,10-13H,6-9H2,1-2H3,(H,25,26);3-5,10-11H,6-9H2,1-2H3,(H,24,25)/t;;20-,21-;;/m..0../s1. The second-order valence-electron chi connectivity index (χ2n) is 36.3. The number of hydrogen-bond acceptors (Lipinski definition) is 13. The number of rotatable bonds is 23. The lowest BCUT2D eigenvalue weighted by molar-refractivity contribution is 0.385. The first-order valence-corrected chi connectivity index (χ1v) is 52.4. The Labute approximate surface area is 852 Å². The van der Waals surface area contributed by atoms with E-state index in [1.807, 2.05) is 86.3 Å². The molecule has 0 saturated heterocycles. The third-order valence-electron chi connectivity index (χ3n) is 26.7. The zero-order chi connectivity index (χ0) is 96.5. The molecule has 12 aromatic carbocycles. The Bertz CT molecular complexity index is 7520. The molecule has 1 aliphatic carbocycles. The summed E-state index contributed by atoms with van der Waals surface area (Å²) in [7, 11) is 0. The first-order valence-electron chi connectivity index (χ1n) is 47.6. The van der Waals surface area contributed by atoms with Crippen LogP contribution in [0.25, 0.3) is 76.3 Å². The fourth-order valence-corrected chi connectivity index (χ4v) is 23.1. The van der Waals surface area contributed by atoms with Gasteiger partial charge < -0.3 is 39.1 Å². The van der Waals surface area contributed by atoms with E-state index in [-0.39, 0.29) is 35.1 Å². The van der Waals surface area contributed by atoms with Gasteiger partial charge in [-0.2, -0.15) is 0 Å². The third-order valence-corrected chi connectivity index (χ3v) is 30.0. The molecule has 4 aliphatic heterocycles.